The molecule has 0 radical (unpaired) electrons. The zero-order chi connectivity index (χ0) is 13.8. The summed E-state index contributed by atoms with van der Waals surface area (Å²) in [5.41, 5.74) is 2.95. The molecule has 0 spiro atoms. The first-order chi connectivity index (χ1) is 9.13. The average molecular weight is 256 g/mol. The summed E-state index contributed by atoms with van der Waals surface area (Å²) in [6.45, 7) is 4.32. The molecule has 19 heavy (non-hydrogen) atoms. The monoisotopic (exact) mass is 256 g/mol. The van der Waals surface area contributed by atoms with Gasteiger partial charge in [-0.1, -0.05) is 56.3 Å². The maximum atomic E-state index is 10.5. The molecule has 1 unspecified atom stereocenters. The molecule has 2 nitrogen and oxygen atoms in total. The Labute approximate surface area is 114 Å². The fourth-order valence-electron chi connectivity index (χ4n) is 2.14. The zero-order valence-electron chi connectivity index (χ0n) is 11.6. The Morgan fingerprint density at radius 1 is 0.895 bits per heavy atom. The number of benzene rings is 2. The van der Waals surface area contributed by atoms with E-state index in [1.807, 2.05) is 36.4 Å². The lowest BCUT2D eigenvalue weighted by Gasteiger charge is -2.16. The Morgan fingerprint density at radius 2 is 1.47 bits per heavy atom. The lowest BCUT2D eigenvalue weighted by atomic mass is 9.96. The van der Waals surface area contributed by atoms with Gasteiger partial charge < -0.3 is 9.84 Å². The van der Waals surface area contributed by atoms with E-state index < -0.39 is 6.10 Å². The van der Waals surface area contributed by atoms with Crippen molar-refractivity contribution in [1.29, 1.82) is 0 Å². The van der Waals surface area contributed by atoms with Crippen LogP contribution in [0.5, 0.6) is 5.75 Å². The zero-order valence-corrected chi connectivity index (χ0v) is 11.6. The van der Waals surface area contributed by atoms with Gasteiger partial charge in [0.25, 0.3) is 0 Å². The summed E-state index contributed by atoms with van der Waals surface area (Å²) in [6, 6.07) is 15.7. The van der Waals surface area contributed by atoms with Gasteiger partial charge in [0.15, 0.2) is 0 Å². The van der Waals surface area contributed by atoms with Crippen molar-refractivity contribution in [2.24, 2.45) is 0 Å². The summed E-state index contributed by atoms with van der Waals surface area (Å²) in [5.74, 6) is 1.21. The number of ether oxygens (including phenoxy) is 1. The number of para-hydroxylation sites is 1. The summed E-state index contributed by atoms with van der Waals surface area (Å²) >= 11 is 0. The Hall–Kier alpha value is -1.80. The van der Waals surface area contributed by atoms with Crippen LogP contribution in [0.1, 0.15) is 42.6 Å². The van der Waals surface area contributed by atoms with Crippen LogP contribution < -0.4 is 4.74 Å². The average Bonchev–Trinajstić information content (AvgIpc) is 2.46. The van der Waals surface area contributed by atoms with Crippen LogP contribution in [0.3, 0.4) is 0 Å². The van der Waals surface area contributed by atoms with Crippen molar-refractivity contribution >= 4 is 0 Å². The van der Waals surface area contributed by atoms with Crippen molar-refractivity contribution in [3.05, 3.63) is 65.2 Å². The van der Waals surface area contributed by atoms with Gasteiger partial charge in [0.1, 0.15) is 11.9 Å². The Kier molecular flexibility index (Phi) is 4.23. The highest BCUT2D eigenvalue weighted by atomic mass is 16.5. The van der Waals surface area contributed by atoms with Crippen molar-refractivity contribution in [3.63, 3.8) is 0 Å². The highest BCUT2D eigenvalue weighted by Gasteiger charge is 2.14. The molecule has 0 aliphatic rings. The lowest BCUT2D eigenvalue weighted by Crippen LogP contribution is -2.02. The third kappa shape index (κ3) is 2.96. The van der Waals surface area contributed by atoms with Crippen LogP contribution in [0.25, 0.3) is 0 Å². The number of hydrogen-bond donors (Lipinski definition) is 1. The maximum absolute atomic E-state index is 10.5. The molecule has 100 valence electrons. The Balaban J connectivity index is 2.30. The van der Waals surface area contributed by atoms with E-state index in [0.29, 0.717) is 11.7 Å². The van der Waals surface area contributed by atoms with E-state index in [4.69, 9.17) is 4.74 Å². The van der Waals surface area contributed by atoms with E-state index in [1.54, 1.807) is 7.11 Å². The molecule has 0 saturated heterocycles. The molecule has 0 fully saturated rings. The van der Waals surface area contributed by atoms with Gasteiger partial charge in [-0.15, -0.1) is 0 Å². The smallest absolute Gasteiger partial charge is 0.125 e. The summed E-state index contributed by atoms with van der Waals surface area (Å²) < 4.78 is 5.29. The molecule has 0 amide bonds. The minimum atomic E-state index is -0.655. The van der Waals surface area contributed by atoms with Gasteiger partial charge in [0.2, 0.25) is 0 Å². The largest absolute Gasteiger partial charge is 0.496 e. The molecular weight excluding hydrogens is 236 g/mol. The molecule has 2 rings (SSSR count). The molecule has 2 aromatic rings. The SMILES string of the molecule is COc1ccccc1C(O)c1ccc(C(C)C)cc1. The molecule has 0 heterocycles. The van der Waals surface area contributed by atoms with Crippen molar-refractivity contribution in [1.82, 2.24) is 0 Å². The molecule has 2 heteroatoms. The van der Waals surface area contributed by atoms with Crippen LogP contribution in [0.2, 0.25) is 0 Å². The fourth-order valence-corrected chi connectivity index (χ4v) is 2.14. The van der Waals surface area contributed by atoms with Crippen molar-refractivity contribution in [3.8, 4) is 5.75 Å². The van der Waals surface area contributed by atoms with E-state index in [-0.39, 0.29) is 0 Å². The standard InChI is InChI=1S/C17H20O2/c1-12(2)13-8-10-14(11-9-13)17(18)15-6-4-5-7-16(15)19-3/h4-12,17-18H,1-3H3. The first kappa shape index (κ1) is 13.6. The minimum absolute atomic E-state index is 0.498. The van der Waals surface area contributed by atoms with E-state index >= 15 is 0 Å². The summed E-state index contributed by atoms with van der Waals surface area (Å²) in [5, 5.41) is 10.5. The van der Waals surface area contributed by atoms with Crippen LogP contribution in [0, 0.1) is 0 Å². The predicted molar refractivity (Wildman–Crippen MR) is 77.6 cm³/mol. The van der Waals surface area contributed by atoms with Crippen molar-refractivity contribution in [2.75, 3.05) is 7.11 Å². The Bertz CT molecular complexity index is 529. The predicted octanol–water partition coefficient (Wildman–Crippen LogP) is 3.90. The maximum Gasteiger partial charge on any atom is 0.125 e. The lowest BCUT2D eigenvalue weighted by molar-refractivity contribution is 0.214. The van der Waals surface area contributed by atoms with Gasteiger partial charge in [0.05, 0.1) is 7.11 Å². The first-order valence-corrected chi connectivity index (χ1v) is 6.54. The molecule has 0 aliphatic heterocycles. The van der Waals surface area contributed by atoms with Crippen molar-refractivity contribution < 1.29 is 9.84 Å². The van der Waals surface area contributed by atoms with Crippen LogP contribution in [-0.4, -0.2) is 12.2 Å². The number of rotatable bonds is 4. The molecule has 0 bridgehead atoms. The van der Waals surface area contributed by atoms with Crippen LogP contribution in [0.15, 0.2) is 48.5 Å². The van der Waals surface area contributed by atoms with Gasteiger partial charge in [-0.25, -0.2) is 0 Å². The third-order valence-corrected chi connectivity index (χ3v) is 3.35. The highest BCUT2D eigenvalue weighted by molar-refractivity contribution is 5.40. The third-order valence-electron chi connectivity index (χ3n) is 3.35. The minimum Gasteiger partial charge on any atom is -0.496 e. The van der Waals surface area contributed by atoms with E-state index in [2.05, 4.69) is 26.0 Å². The van der Waals surface area contributed by atoms with Gasteiger partial charge in [0, 0.05) is 5.56 Å². The molecule has 0 aromatic heterocycles. The highest BCUT2D eigenvalue weighted by Crippen LogP contribution is 2.30. The molecule has 2 aromatic carbocycles. The van der Waals surface area contributed by atoms with Crippen LogP contribution >= 0.6 is 0 Å². The quantitative estimate of drug-likeness (QED) is 0.899. The molecule has 1 N–H and O–H groups in total. The number of methoxy groups -OCH3 is 1. The second-order valence-electron chi connectivity index (χ2n) is 4.97. The normalized spacial score (nSPS) is 12.5. The first-order valence-electron chi connectivity index (χ1n) is 6.54. The summed E-state index contributed by atoms with van der Waals surface area (Å²) in [6.07, 6.45) is -0.655. The molecule has 1 atom stereocenters. The van der Waals surface area contributed by atoms with Crippen LogP contribution in [-0.2, 0) is 0 Å². The van der Waals surface area contributed by atoms with E-state index in [0.717, 1.165) is 11.1 Å². The summed E-state index contributed by atoms with van der Waals surface area (Å²) in [7, 11) is 1.62. The topological polar surface area (TPSA) is 29.5 Å². The number of hydrogen-bond acceptors (Lipinski definition) is 2. The van der Waals surface area contributed by atoms with E-state index in [9.17, 15) is 5.11 Å². The fraction of sp³-hybridized carbons (Fsp3) is 0.294. The molecule has 0 saturated carbocycles. The summed E-state index contributed by atoms with van der Waals surface area (Å²) in [4.78, 5) is 0. The molecule has 0 aliphatic carbocycles. The van der Waals surface area contributed by atoms with Crippen LogP contribution in [0.4, 0.5) is 0 Å². The number of aliphatic hydroxyl groups excluding tert-OH is 1. The second kappa shape index (κ2) is 5.89. The molecular formula is C17H20O2. The van der Waals surface area contributed by atoms with Gasteiger partial charge >= 0.3 is 0 Å². The van der Waals surface area contributed by atoms with Gasteiger partial charge in [-0.3, -0.25) is 0 Å². The van der Waals surface area contributed by atoms with Gasteiger partial charge in [-0.05, 0) is 23.1 Å². The number of aliphatic hydroxyl groups is 1. The van der Waals surface area contributed by atoms with E-state index in [1.165, 1.54) is 5.56 Å². The van der Waals surface area contributed by atoms with Crippen molar-refractivity contribution in [2.45, 2.75) is 25.9 Å². The van der Waals surface area contributed by atoms with Gasteiger partial charge in [-0.2, -0.15) is 0 Å². The Morgan fingerprint density at radius 3 is 2.05 bits per heavy atom. The second-order valence-corrected chi connectivity index (χ2v) is 4.97.